The molecule has 2 aromatic heterocycles. The lowest BCUT2D eigenvalue weighted by Crippen LogP contribution is -2.46. The Hall–Kier alpha value is -2.49. The SMILES string of the molecule is O=C(Cc1cnn(-c2ccccc2)c1)N1CCC(NS(=O)(=O)c2cccs2)CC1. The van der Waals surface area contributed by atoms with Gasteiger partial charge < -0.3 is 4.90 Å². The third kappa shape index (κ3) is 4.75. The van der Waals surface area contributed by atoms with Gasteiger partial charge in [-0.2, -0.15) is 5.10 Å². The average molecular weight is 431 g/mol. The van der Waals surface area contributed by atoms with E-state index in [4.69, 9.17) is 0 Å². The smallest absolute Gasteiger partial charge is 0.250 e. The van der Waals surface area contributed by atoms with Crippen LogP contribution in [0.5, 0.6) is 0 Å². The molecule has 29 heavy (non-hydrogen) atoms. The third-order valence-corrected chi connectivity index (χ3v) is 7.86. The molecule has 1 N–H and O–H groups in total. The van der Waals surface area contributed by atoms with E-state index in [-0.39, 0.29) is 11.9 Å². The van der Waals surface area contributed by atoms with Crippen LogP contribution in [-0.4, -0.2) is 48.1 Å². The Kier molecular flexibility index (Phi) is 5.79. The number of piperidine rings is 1. The van der Waals surface area contributed by atoms with Gasteiger partial charge in [-0.15, -0.1) is 11.3 Å². The summed E-state index contributed by atoms with van der Waals surface area (Å²) in [4.78, 5) is 14.4. The fourth-order valence-corrected chi connectivity index (χ4v) is 5.71. The second-order valence-electron chi connectivity index (χ2n) is 7.01. The Morgan fingerprint density at radius 2 is 1.90 bits per heavy atom. The van der Waals surface area contributed by atoms with Crippen LogP contribution in [-0.2, 0) is 21.2 Å². The Bertz CT molecular complexity index is 1050. The van der Waals surface area contributed by atoms with Crippen LogP contribution in [0.1, 0.15) is 18.4 Å². The predicted octanol–water partition coefficient (Wildman–Crippen LogP) is 2.45. The molecule has 3 heterocycles. The average Bonchev–Trinajstić information content (AvgIpc) is 3.42. The zero-order chi connectivity index (χ0) is 20.3. The van der Waals surface area contributed by atoms with E-state index in [1.54, 1.807) is 33.3 Å². The number of rotatable bonds is 6. The second kappa shape index (κ2) is 8.48. The molecule has 0 aliphatic carbocycles. The normalized spacial score (nSPS) is 15.5. The van der Waals surface area contributed by atoms with E-state index in [0.29, 0.717) is 36.6 Å². The van der Waals surface area contributed by atoms with E-state index in [1.165, 1.54) is 11.3 Å². The van der Waals surface area contributed by atoms with Gasteiger partial charge in [0.25, 0.3) is 0 Å². The van der Waals surface area contributed by atoms with Crippen LogP contribution in [0.15, 0.2) is 64.4 Å². The molecule has 0 saturated carbocycles. The van der Waals surface area contributed by atoms with Crippen LogP contribution in [0.2, 0.25) is 0 Å². The molecule has 1 fully saturated rings. The summed E-state index contributed by atoms with van der Waals surface area (Å²) in [6.45, 7) is 1.09. The summed E-state index contributed by atoms with van der Waals surface area (Å²) in [6, 6.07) is 12.9. The van der Waals surface area contributed by atoms with Crippen LogP contribution in [0.4, 0.5) is 0 Å². The predicted molar refractivity (Wildman–Crippen MR) is 112 cm³/mol. The Balaban J connectivity index is 1.30. The van der Waals surface area contributed by atoms with E-state index in [0.717, 1.165) is 11.3 Å². The van der Waals surface area contributed by atoms with Crippen molar-refractivity contribution in [3.63, 3.8) is 0 Å². The number of carbonyl (C=O) groups excluding carboxylic acids is 1. The molecule has 1 aromatic carbocycles. The lowest BCUT2D eigenvalue weighted by Gasteiger charge is -2.32. The van der Waals surface area contributed by atoms with E-state index in [9.17, 15) is 13.2 Å². The van der Waals surface area contributed by atoms with Gasteiger partial charge in [-0.25, -0.2) is 17.8 Å². The van der Waals surface area contributed by atoms with Crippen LogP contribution in [0, 0.1) is 0 Å². The van der Waals surface area contributed by atoms with Crippen molar-refractivity contribution in [2.24, 2.45) is 0 Å². The first-order chi connectivity index (χ1) is 14.0. The molecule has 1 aliphatic rings. The van der Waals surface area contributed by atoms with Crippen LogP contribution in [0.3, 0.4) is 0 Å². The van der Waals surface area contributed by atoms with E-state index < -0.39 is 10.0 Å². The van der Waals surface area contributed by atoms with Gasteiger partial charge in [0.05, 0.1) is 18.3 Å². The van der Waals surface area contributed by atoms with Crippen molar-refractivity contribution in [2.75, 3.05) is 13.1 Å². The van der Waals surface area contributed by atoms with Gasteiger partial charge in [0, 0.05) is 25.3 Å². The molecule has 1 amide bonds. The molecule has 152 valence electrons. The number of nitrogens with one attached hydrogen (secondary N) is 1. The minimum atomic E-state index is -3.47. The van der Waals surface area contributed by atoms with Crippen molar-refractivity contribution in [1.82, 2.24) is 19.4 Å². The molecule has 0 spiro atoms. The standard InChI is InChI=1S/C20H22N4O3S2/c25-19(13-16-14-21-24(15-16)18-5-2-1-3-6-18)23-10-8-17(9-11-23)22-29(26,27)20-7-4-12-28-20/h1-7,12,14-15,17,22H,8-11,13H2. The van der Waals surface area contributed by atoms with Gasteiger partial charge >= 0.3 is 0 Å². The summed E-state index contributed by atoms with van der Waals surface area (Å²) < 4.78 is 29.5. The fraction of sp³-hybridized carbons (Fsp3) is 0.300. The maximum atomic E-state index is 12.6. The van der Waals surface area contributed by atoms with Gasteiger partial charge in [-0.3, -0.25) is 4.79 Å². The number of thiophene rings is 1. The van der Waals surface area contributed by atoms with Crippen molar-refractivity contribution in [1.29, 1.82) is 0 Å². The number of hydrogen-bond acceptors (Lipinski definition) is 5. The van der Waals surface area contributed by atoms with E-state index in [1.807, 2.05) is 36.5 Å². The summed E-state index contributed by atoms with van der Waals surface area (Å²) >= 11 is 1.20. The number of amides is 1. The van der Waals surface area contributed by atoms with E-state index >= 15 is 0 Å². The highest BCUT2D eigenvalue weighted by Gasteiger charge is 2.27. The number of nitrogens with zero attached hydrogens (tertiary/aromatic N) is 3. The summed E-state index contributed by atoms with van der Waals surface area (Å²) in [5.74, 6) is 0.0391. The van der Waals surface area contributed by atoms with Crippen LogP contribution >= 0.6 is 11.3 Å². The Morgan fingerprint density at radius 3 is 2.59 bits per heavy atom. The van der Waals surface area contributed by atoms with Gasteiger partial charge in [-0.05, 0) is 42.0 Å². The number of aromatic nitrogens is 2. The molecule has 3 aromatic rings. The number of likely N-dealkylation sites (tertiary alicyclic amines) is 1. The number of carbonyl (C=O) groups is 1. The van der Waals surface area contributed by atoms with Gasteiger partial charge in [0.1, 0.15) is 4.21 Å². The molecular formula is C20H22N4O3S2. The fourth-order valence-electron chi connectivity index (χ4n) is 3.40. The van der Waals surface area contributed by atoms with Crippen LogP contribution in [0.25, 0.3) is 5.69 Å². The van der Waals surface area contributed by atoms with Crippen molar-refractivity contribution < 1.29 is 13.2 Å². The molecule has 4 rings (SSSR count). The monoisotopic (exact) mass is 430 g/mol. The molecular weight excluding hydrogens is 408 g/mol. The lowest BCUT2D eigenvalue weighted by molar-refractivity contribution is -0.131. The first kappa shape index (κ1) is 19.8. The minimum absolute atomic E-state index is 0.0391. The lowest BCUT2D eigenvalue weighted by atomic mass is 10.1. The summed E-state index contributed by atoms with van der Waals surface area (Å²) in [5, 5.41) is 6.08. The highest BCUT2D eigenvalue weighted by atomic mass is 32.2. The maximum absolute atomic E-state index is 12.6. The first-order valence-corrected chi connectivity index (χ1v) is 11.8. The zero-order valence-corrected chi connectivity index (χ0v) is 17.4. The van der Waals surface area contributed by atoms with Crippen molar-refractivity contribution in [3.05, 3.63) is 65.8 Å². The number of hydrogen-bond donors (Lipinski definition) is 1. The Labute approximate surface area is 174 Å². The molecule has 0 unspecified atom stereocenters. The minimum Gasteiger partial charge on any atom is -0.342 e. The van der Waals surface area contributed by atoms with Gasteiger partial charge in [-0.1, -0.05) is 24.3 Å². The second-order valence-corrected chi connectivity index (χ2v) is 9.90. The molecule has 0 bridgehead atoms. The van der Waals surface area contributed by atoms with Crippen molar-refractivity contribution in [3.8, 4) is 5.69 Å². The molecule has 9 heteroatoms. The Morgan fingerprint density at radius 1 is 1.14 bits per heavy atom. The zero-order valence-electron chi connectivity index (χ0n) is 15.8. The largest absolute Gasteiger partial charge is 0.342 e. The third-order valence-electron chi connectivity index (χ3n) is 4.94. The summed E-state index contributed by atoms with van der Waals surface area (Å²) in [5.41, 5.74) is 1.81. The molecule has 1 aliphatic heterocycles. The molecule has 0 atom stereocenters. The maximum Gasteiger partial charge on any atom is 0.250 e. The summed E-state index contributed by atoms with van der Waals surface area (Å²) in [6.07, 6.45) is 5.10. The van der Waals surface area contributed by atoms with Crippen molar-refractivity contribution in [2.45, 2.75) is 29.5 Å². The number of sulfonamides is 1. The summed E-state index contributed by atoms with van der Waals surface area (Å²) in [7, 11) is -3.47. The van der Waals surface area contributed by atoms with Crippen LogP contribution < -0.4 is 4.72 Å². The topological polar surface area (TPSA) is 84.3 Å². The molecule has 0 radical (unpaired) electrons. The molecule has 7 nitrogen and oxygen atoms in total. The van der Waals surface area contributed by atoms with E-state index in [2.05, 4.69) is 9.82 Å². The van der Waals surface area contributed by atoms with Gasteiger partial charge in [0.2, 0.25) is 15.9 Å². The molecule has 1 saturated heterocycles. The van der Waals surface area contributed by atoms with Gasteiger partial charge in [0.15, 0.2) is 0 Å². The number of benzene rings is 1. The first-order valence-electron chi connectivity index (χ1n) is 9.44. The van der Waals surface area contributed by atoms with Crippen molar-refractivity contribution >= 4 is 27.3 Å². The number of para-hydroxylation sites is 1. The quantitative estimate of drug-likeness (QED) is 0.651. The highest BCUT2D eigenvalue weighted by Crippen LogP contribution is 2.19. The highest BCUT2D eigenvalue weighted by molar-refractivity contribution is 7.91.